The van der Waals surface area contributed by atoms with E-state index in [4.69, 9.17) is 10.7 Å². The largest absolute Gasteiger partial charge is 0.368 e. The molecule has 0 spiro atoms. The molecule has 4 aromatic rings. The Morgan fingerprint density at radius 3 is 2.25 bits per heavy atom. The molecule has 2 heterocycles. The zero-order valence-corrected chi connectivity index (χ0v) is 23.5. The van der Waals surface area contributed by atoms with E-state index in [9.17, 15) is 9.18 Å². The van der Waals surface area contributed by atoms with Crippen molar-refractivity contribution in [1.29, 1.82) is 0 Å². The molecule has 2 aromatic carbocycles. The molecule has 7 nitrogen and oxygen atoms in total. The third-order valence-electron chi connectivity index (χ3n) is 7.42. The third-order valence-corrected chi connectivity index (χ3v) is 7.42. The normalized spacial score (nSPS) is 12.2. The van der Waals surface area contributed by atoms with Gasteiger partial charge in [0.1, 0.15) is 11.6 Å². The average molecular weight is 539 g/mol. The van der Waals surface area contributed by atoms with Crippen molar-refractivity contribution in [1.82, 2.24) is 19.9 Å². The van der Waals surface area contributed by atoms with Crippen LogP contribution in [0.5, 0.6) is 0 Å². The summed E-state index contributed by atoms with van der Waals surface area (Å²) in [4.78, 5) is 31.9. The van der Waals surface area contributed by atoms with E-state index in [0.29, 0.717) is 39.6 Å². The summed E-state index contributed by atoms with van der Waals surface area (Å²) in [6.07, 6.45) is 3.04. The number of nitrogens with zero attached hydrogens (tertiary/aromatic N) is 5. The van der Waals surface area contributed by atoms with Crippen LogP contribution in [0.1, 0.15) is 43.1 Å². The molecule has 8 heteroatoms. The highest BCUT2D eigenvalue weighted by atomic mass is 19.1. The van der Waals surface area contributed by atoms with Crippen molar-refractivity contribution in [3.63, 3.8) is 0 Å². The number of nitrogen functional groups attached to an aromatic ring is 1. The minimum atomic E-state index is -0.366. The minimum Gasteiger partial charge on any atom is -0.368 e. The highest BCUT2D eigenvalue weighted by Gasteiger charge is 2.34. The number of hydrogen-bond donors (Lipinski definition) is 1. The van der Waals surface area contributed by atoms with Gasteiger partial charge in [-0.25, -0.2) is 19.3 Å². The zero-order chi connectivity index (χ0) is 28.4. The third kappa shape index (κ3) is 5.45. The maximum Gasteiger partial charge on any atom is 0.221 e. The van der Waals surface area contributed by atoms with Gasteiger partial charge in [-0.2, -0.15) is 0 Å². The fraction of sp³-hybridized carbons (Fsp3) is 0.312. The second kappa shape index (κ2) is 11.5. The Hall–Kier alpha value is -4.17. The number of carbonyl (C=O) groups excluding carboxylic acids is 1. The van der Waals surface area contributed by atoms with Gasteiger partial charge in [-0.05, 0) is 74.8 Å². The van der Waals surface area contributed by atoms with Crippen molar-refractivity contribution in [3.8, 4) is 33.6 Å². The topological polar surface area (TPSA) is 88.2 Å². The number of benzene rings is 2. The lowest BCUT2D eigenvalue weighted by Gasteiger charge is -2.26. The number of fused-ring (bicyclic) bond motifs is 3. The number of likely N-dealkylation sites (N-methyl/N-ethyl adjacent to an activating group) is 2. The second-order valence-electron chi connectivity index (χ2n) is 10.7. The molecular weight excluding hydrogens is 503 g/mol. The molecular formula is C32H35FN6O. The Balaban J connectivity index is 1.46. The lowest BCUT2D eigenvalue weighted by molar-refractivity contribution is 0.104. The maximum absolute atomic E-state index is 13.6. The average Bonchev–Trinajstić information content (AvgIpc) is 3.24. The number of hydrogen-bond acceptors (Lipinski definition) is 7. The molecule has 2 aromatic heterocycles. The van der Waals surface area contributed by atoms with Gasteiger partial charge in [-0.1, -0.05) is 32.0 Å². The predicted molar refractivity (Wildman–Crippen MR) is 159 cm³/mol. The van der Waals surface area contributed by atoms with Gasteiger partial charge in [0.05, 0.1) is 17.0 Å². The molecule has 0 saturated heterocycles. The van der Waals surface area contributed by atoms with Gasteiger partial charge in [0.2, 0.25) is 5.95 Å². The molecule has 1 aliphatic rings. The van der Waals surface area contributed by atoms with E-state index in [1.807, 2.05) is 30.5 Å². The number of pyridine rings is 1. The Labute approximate surface area is 234 Å². The van der Waals surface area contributed by atoms with Crippen LogP contribution in [0, 0.1) is 11.7 Å². The van der Waals surface area contributed by atoms with E-state index < -0.39 is 0 Å². The van der Waals surface area contributed by atoms with Gasteiger partial charge < -0.3 is 15.5 Å². The first kappa shape index (κ1) is 27.4. The van der Waals surface area contributed by atoms with Crippen molar-refractivity contribution < 1.29 is 9.18 Å². The van der Waals surface area contributed by atoms with Crippen LogP contribution in [0.4, 0.5) is 16.2 Å². The molecule has 0 unspecified atom stereocenters. The van der Waals surface area contributed by atoms with Crippen LogP contribution >= 0.6 is 0 Å². The van der Waals surface area contributed by atoms with Crippen molar-refractivity contribution in [2.75, 3.05) is 43.9 Å². The fourth-order valence-electron chi connectivity index (χ4n) is 5.11. The van der Waals surface area contributed by atoms with Crippen LogP contribution in [-0.2, 0) is 0 Å². The summed E-state index contributed by atoms with van der Waals surface area (Å²) in [7, 11) is 2.17. The molecule has 1 aliphatic carbocycles. The molecule has 0 aliphatic heterocycles. The highest BCUT2D eigenvalue weighted by molar-refractivity contribution is 6.25. The summed E-state index contributed by atoms with van der Waals surface area (Å²) < 4.78 is 13.6. The first-order valence-electron chi connectivity index (χ1n) is 13.8. The van der Waals surface area contributed by atoms with Crippen LogP contribution in [0.25, 0.3) is 33.6 Å². The van der Waals surface area contributed by atoms with E-state index in [2.05, 4.69) is 47.6 Å². The van der Waals surface area contributed by atoms with Crippen LogP contribution in [0.15, 0.2) is 60.8 Å². The summed E-state index contributed by atoms with van der Waals surface area (Å²) in [5.74, 6) is 1.12. The quantitative estimate of drug-likeness (QED) is 0.235. The lowest BCUT2D eigenvalue weighted by atomic mass is 9.97. The van der Waals surface area contributed by atoms with E-state index in [1.54, 1.807) is 18.2 Å². The van der Waals surface area contributed by atoms with Gasteiger partial charge in [-0.3, -0.25) is 4.79 Å². The van der Waals surface area contributed by atoms with Crippen LogP contribution < -0.4 is 10.6 Å². The van der Waals surface area contributed by atoms with Crippen LogP contribution in [0.2, 0.25) is 0 Å². The molecule has 0 fully saturated rings. The molecule has 2 N–H and O–H groups in total. The summed E-state index contributed by atoms with van der Waals surface area (Å²) in [5.41, 5.74) is 11.0. The molecule has 206 valence electrons. The van der Waals surface area contributed by atoms with Gasteiger partial charge in [0.15, 0.2) is 5.78 Å². The lowest BCUT2D eigenvalue weighted by Crippen LogP contribution is -2.34. The molecule has 0 bridgehead atoms. The molecule has 0 amide bonds. The van der Waals surface area contributed by atoms with E-state index >= 15 is 0 Å². The number of nitrogens with two attached hydrogens (primary N) is 1. The van der Waals surface area contributed by atoms with Crippen molar-refractivity contribution in [2.24, 2.45) is 5.92 Å². The van der Waals surface area contributed by atoms with Crippen molar-refractivity contribution in [2.45, 2.75) is 27.2 Å². The smallest absolute Gasteiger partial charge is 0.221 e. The number of ketones is 1. The second-order valence-corrected chi connectivity index (χ2v) is 10.7. The van der Waals surface area contributed by atoms with Gasteiger partial charge in [0.25, 0.3) is 0 Å². The summed E-state index contributed by atoms with van der Waals surface area (Å²) in [6.45, 7) is 10.4. The molecule has 5 rings (SSSR count). The first-order chi connectivity index (χ1) is 19.3. The van der Waals surface area contributed by atoms with Crippen LogP contribution in [-0.4, -0.2) is 58.9 Å². The molecule has 0 atom stereocenters. The Kier molecular flexibility index (Phi) is 7.89. The standard InChI is InChI=1S/C32H35FN6O/c1-5-39(18-17-38(4)16-15-20(2)3)26-14-11-22(19-35-26)24-7-6-8-25-27(24)30-28(31(25)40)29(36-32(34)37-30)21-9-12-23(33)13-10-21/h6-14,19-20H,5,15-18H2,1-4H3,(H2,34,36,37). The van der Waals surface area contributed by atoms with Gasteiger partial charge in [0, 0.05) is 48.1 Å². The zero-order valence-electron chi connectivity index (χ0n) is 23.5. The Bertz CT molecular complexity index is 1520. The van der Waals surface area contributed by atoms with E-state index in [-0.39, 0.29) is 17.5 Å². The number of halogens is 1. The Morgan fingerprint density at radius 1 is 0.875 bits per heavy atom. The van der Waals surface area contributed by atoms with Gasteiger partial charge >= 0.3 is 0 Å². The van der Waals surface area contributed by atoms with Gasteiger partial charge in [-0.15, -0.1) is 0 Å². The summed E-state index contributed by atoms with van der Waals surface area (Å²) in [6, 6.07) is 15.6. The SMILES string of the molecule is CCN(CCN(C)CCC(C)C)c1ccc(-c2cccc3c2-c2nc(N)nc(-c4ccc(F)cc4)c2C3=O)cn1. The van der Waals surface area contributed by atoms with Crippen LogP contribution in [0.3, 0.4) is 0 Å². The van der Waals surface area contributed by atoms with E-state index in [0.717, 1.165) is 43.1 Å². The first-order valence-corrected chi connectivity index (χ1v) is 13.8. The molecule has 40 heavy (non-hydrogen) atoms. The fourth-order valence-corrected chi connectivity index (χ4v) is 5.11. The monoisotopic (exact) mass is 538 g/mol. The Morgan fingerprint density at radius 2 is 1.57 bits per heavy atom. The summed E-state index contributed by atoms with van der Waals surface area (Å²) in [5, 5.41) is 0. The minimum absolute atomic E-state index is 0.0546. The number of carbonyl (C=O) groups is 1. The number of aromatic nitrogens is 3. The number of rotatable bonds is 10. The van der Waals surface area contributed by atoms with E-state index in [1.165, 1.54) is 18.6 Å². The number of anilines is 2. The summed E-state index contributed by atoms with van der Waals surface area (Å²) >= 11 is 0. The van der Waals surface area contributed by atoms with Crippen molar-refractivity contribution >= 4 is 17.5 Å². The molecule has 0 radical (unpaired) electrons. The predicted octanol–water partition coefficient (Wildman–Crippen LogP) is 5.94. The maximum atomic E-state index is 13.6. The highest BCUT2D eigenvalue weighted by Crippen LogP contribution is 2.45. The molecule has 0 saturated carbocycles. The van der Waals surface area contributed by atoms with Crippen molar-refractivity contribution in [3.05, 3.63) is 77.7 Å².